The molecule has 3 rings (SSSR count). The minimum atomic E-state index is -4.35. The topological polar surface area (TPSA) is 46.2 Å². The van der Waals surface area contributed by atoms with E-state index < -0.39 is 19.1 Å². The number of halogens is 3. The van der Waals surface area contributed by atoms with Crippen molar-refractivity contribution < 1.29 is 36.9 Å². The van der Waals surface area contributed by atoms with Gasteiger partial charge in [-0.15, -0.1) is 0 Å². The Morgan fingerprint density at radius 1 is 0.839 bits per heavy atom. The fourth-order valence-corrected chi connectivity index (χ4v) is 3.76. The molecule has 176 valence electrons. The summed E-state index contributed by atoms with van der Waals surface area (Å²) in [5.74, 6) is 0.935. The van der Waals surface area contributed by atoms with Crippen molar-refractivity contribution in [1.82, 2.24) is 0 Å². The number of ether oxygens (including phenoxy) is 5. The SMILES string of the molecule is CCCCCC1COC(CCC2COC(c3ccc(OCC(F)(F)F)cc3)OC2)OC1. The van der Waals surface area contributed by atoms with Crippen LogP contribution in [0.3, 0.4) is 0 Å². The van der Waals surface area contributed by atoms with E-state index in [1.807, 2.05) is 0 Å². The minimum absolute atomic E-state index is 0.149. The highest BCUT2D eigenvalue weighted by Gasteiger charge is 2.29. The molecule has 31 heavy (non-hydrogen) atoms. The fourth-order valence-electron chi connectivity index (χ4n) is 3.76. The van der Waals surface area contributed by atoms with E-state index in [1.165, 1.54) is 37.8 Å². The van der Waals surface area contributed by atoms with Gasteiger partial charge in [0.05, 0.1) is 26.4 Å². The molecule has 1 aromatic carbocycles. The monoisotopic (exact) mass is 446 g/mol. The molecule has 2 fully saturated rings. The molecule has 0 aromatic heterocycles. The van der Waals surface area contributed by atoms with E-state index >= 15 is 0 Å². The fraction of sp³-hybridized carbons (Fsp3) is 0.739. The summed E-state index contributed by atoms with van der Waals surface area (Å²) in [6.45, 7) is 3.57. The lowest BCUT2D eigenvalue weighted by Gasteiger charge is -2.32. The van der Waals surface area contributed by atoms with Gasteiger partial charge < -0.3 is 23.7 Å². The average molecular weight is 447 g/mol. The second-order valence-corrected chi connectivity index (χ2v) is 8.37. The molecule has 1 aromatic rings. The van der Waals surface area contributed by atoms with Crippen LogP contribution in [0.5, 0.6) is 5.75 Å². The second kappa shape index (κ2) is 12.0. The Bertz CT molecular complexity index is 621. The van der Waals surface area contributed by atoms with Crippen molar-refractivity contribution in [1.29, 1.82) is 0 Å². The highest BCUT2D eigenvalue weighted by atomic mass is 19.4. The van der Waals surface area contributed by atoms with Gasteiger partial charge in [0.25, 0.3) is 0 Å². The zero-order valence-electron chi connectivity index (χ0n) is 18.1. The van der Waals surface area contributed by atoms with Crippen LogP contribution in [0.4, 0.5) is 13.2 Å². The van der Waals surface area contributed by atoms with Gasteiger partial charge in [0, 0.05) is 17.4 Å². The second-order valence-electron chi connectivity index (χ2n) is 8.37. The van der Waals surface area contributed by atoms with Gasteiger partial charge in [0.15, 0.2) is 19.2 Å². The first kappa shape index (κ1) is 24.3. The Morgan fingerprint density at radius 3 is 2.06 bits per heavy atom. The van der Waals surface area contributed by atoms with Crippen LogP contribution in [0.1, 0.15) is 57.3 Å². The van der Waals surface area contributed by atoms with Crippen LogP contribution in [0.25, 0.3) is 0 Å². The van der Waals surface area contributed by atoms with E-state index in [2.05, 4.69) is 6.92 Å². The average Bonchev–Trinajstić information content (AvgIpc) is 2.78. The maximum absolute atomic E-state index is 12.2. The van der Waals surface area contributed by atoms with Crippen molar-refractivity contribution in [2.45, 2.75) is 64.2 Å². The third-order valence-electron chi connectivity index (χ3n) is 5.58. The first-order valence-electron chi connectivity index (χ1n) is 11.2. The Morgan fingerprint density at radius 2 is 1.45 bits per heavy atom. The van der Waals surface area contributed by atoms with Crippen molar-refractivity contribution in [3.8, 4) is 5.75 Å². The minimum Gasteiger partial charge on any atom is -0.484 e. The molecule has 2 aliphatic rings. The zero-order chi connectivity index (χ0) is 22.1. The summed E-state index contributed by atoms with van der Waals surface area (Å²) in [6, 6.07) is 6.31. The van der Waals surface area contributed by atoms with Crippen LogP contribution >= 0.6 is 0 Å². The summed E-state index contributed by atoms with van der Waals surface area (Å²) in [4.78, 5) is 0. The summed E-state index contributed by atoms with van der Waals surface area (Å²) >= 11 is 0. The van der Waals surface area contributed by atoms with Crippen molar-refractivity contribution in [2.24, 2.45) is 11.8 Å². The van der Waals surface area contributed by atoms with E-state index in [0.717, 1.165) is 31.6 Å². The van der Waals surface area contributed by atoms with E-state index in [1.54, 1.807) is 12.1 Å². The Hall–Kier alpha value is -1.35. The van der Waals surface area contributed by atoms with Gasteiger partial charge in [0.1, 0.15) is 5.75 Å². The molecule has 5 nitrogen and oxygen atoms in total. The van der Waals surface area contributed by atoms with Crippen molar-refractivity contribution in [2.75, 3.05) is 33.0 Å². The van der Waals surface area contributed by atoms with Crippen LogP contribution in [0, 0.1) is 11.8 Å². The molecule has 0 aliphatic carbocycles. The van der Waals surface area contributed by atoms with Crippen LogP contribution in [0.2, 0.25) is 0 Å². The number of hydrogen-bond donors (Lipinski definition) is 0. The highest BCUT2D eigenvalue weighted by molar-refractivity contribution is 5.28. The number of rotatable bonds is 10. The lowest BCUT2D eigenvalue weighted by Crippen LogP contribution is -2.33. The summed E-state index contributed by atoms with van der Waals surface area (Å²) in [5, 5.41) is 0. The largest absolute Gasteiger partial charge is 0.484 e. The lowest BCUT2D eigenvalue weighted by atomic mass is 10.0. The predicted molar refractivity (Wildman–Crippen MR) is 109 cm³/mol. The van der Waals surface area contributed by atoms with Gasteiger partial charge in [-0.25, -0.2) is 0 Å². The molecule has 2 heterocycles. The summed E-state index contributed by atoms with van der Waals surface area (Å²) < 4.78 is 64.8. The van der Waals surface area contributed by atoms with Crippen LogP contribution in [0.15, 0.2) is 24.3 Å². The normalized spacial score (nSPS) is 27.2. The number of unbranched alkanes of at least 4 members (excludes halogenated alkanes) is 2. The molecule has 2 aliphatic heterocycles. The lowest BCUT2D eigenvalue weighted by molar-refractivity contribution is -0.220. The molecule has 0 spiro atoms. The molecular weight excluding hydrogens is 413 g/mol. The van der Waals surface area contributed by atoms with Gasteiger partial charge >= 0.3 is 6.18 Å². The third-order valence-corrected chi connectivity index (χ3v) is 5.58. The van der Waals surface area contributed by atoms with Crippen LogP contribution in [-0.4, -0.2) is 45.5 Å². The maximum atomic E-state index is 12.2. The van der Waals surface area contributed by atoms with Crippen LogP contribution in [-0.2, 0) is 18.9 Å². The quantitative estimate of drug-likeness (QED) is 0.436. The van der Waals surface area contributed by atoms with Crippen molar-refractivity contribution >= 4 is 0 Å². The predicted octanol–water partition coefficient (Wildman–Crippen LogP) is 5.64. The van der Waals surface area contributed by atoms with Gasteiger partial charge in [-0.2, -0.15) is 13.2 Å². The molecule has 0 amide bonds. The van der Waals surface area contributed by atoms with E-state index in [4.69, 9.17) is 23.7 Å². The molecule has 0 saturated carbocycles. The summed E-state index contributed by atoms with van der Waals surface area (Å²) in [6.07, 6.45) is 1.58. The van der Waals surface area contributed by atoms with Crippen molar-refractivity contribution in [3.05, 3.63) is 29.8 Å². The number of benzene rings is 1. The third kappa shape index (κ3) is 8.60. The highest BCUT2D eigenvalue weighted by Crippen LogP contribution is 2.29. The molecule has 0 radical (unpaired) electrons. The molecule has 2 saturated heterocycles. The number of hydrogen-bond acceptors (Lipinski definition) is 5. The van der Waals surface area contributed by atoms with Gasteiger partial charge in [-0.1, -0.05) is 38.3 Å². The van der Waals surface area contributed by atoms with E-state index in [0.29, 0.717) is 19.1 Å². The van der Waals surface area contributed by atoms with E-state index in [9.17, 15) is 13.2 Å². The molecular formula is C23H33F3O5. The first-order chi connectivity index (χ1) is 14.9. The van der Waals surface area contributed by atoms with E-state index in [-0.39, 0.29) is 18.0 Å². The van der Waals surface area contributed by atoms with Crippen LogP contribution < -0.4 is 4.74 Å². The Kier molecular flexibility index (Phi) is 9.44. The Balaban J connectivity index is 1.31. The maximum Gasteiger partial charge on any atom is 0.422 e. The summed E-state index contributed by atoms with van der Waals surface area (Å²) in [7, 11) is 0. The van der Waals surface area contributed by atoms with Crippen molar-refractivity contribution in [3.63, 3.8) is 0 Å². The molecule has 0 unspecified atom stereocenters. The smallest absolute Gasteiger partial charge is 0.422 e. The standard InChI is InChI=1S/C23H33F3O5/c1-2-3-4-5-17-12-27-21(28-13-17)11-6-18-14-29-22(30-15-18)19-7-9-20(10-8-19)31-16-23(24,25)26/h7-10,17-18,21-22H,2-6,11-16H2,1H3. The van der Waals surface area contributed by atoms with Gasteiger partial charge in [-0.05, 0) is 31.4 Å². The number of alkyl halides is 3. The van der Waals surface area contributed by atoms with Gasteiger partial charge in [-0.3, -0.25) is 0 Å². The summed E-state index contributed by atoms with van der Waals surface area (Å²) in [5.41, 5.74) is 0.755. The first-order valence-corrected chi connectivity index (χ1v) is 11.2. The molecule has 0 N–H and O–H groups in total. The Labute approximate surface area is 182 Å². The van der Waals surface area contributed by atoms with Gasteiger partial charge in [0.2, 0.25) is 0 Å². The molecule has 0 bridgehead atoms. The zero-order valence-corrected chi connectivity index (χ0v) is 18.1. The molecule has 8 heteroatoms. The molecule has 0 atom stereocenters.